The first-order valence-corrected chi connectivity index (χ1v) is 9.30. The van der Waals surface area contributed by atoms with Crippen LogP contribution in [0.4, 0.5) is 0 Å². The lowest BCUT2D eigenvalue weighted by atomic mass is 9.73. The second kappa shape index (κ2) is 7.24. The normalized spacial score (nSPS) is 13.8. The molecular weight excluding hydrogens is 476 g/mol. The van der Waals surface area contributed by atoms with E-state index in [1.807, 2.05) is 0 Å². The van der Waals surface area contributed by atoms with Gasteiger partial charge in [-0.05, 0) is 61.9 Å². The molecular formula is C17H11B3Br2O5. The van der Waals surface area contributed by atoms with Crippen LogP contribution in [0.15, 0.2) is 25.5 Å². The zero-order valence-electron chi connectivity index (χ0n) is 14.0. The van der Waals surface area contributed by atoms with Gasteiger partial charge in [0, 0.05) is 10.9 Å². The molecule has 0 aliphatic carbocycles. The number of furan rings is 1. The summed E-state index contributed by atoms with van der Waals surface area (Å²) in [5.74, 6) is -0.436. The molecule has 6 radical (unpaired) electrons. The van der Waals surface area contributed by atoms with Crippen LogP contribution in [0.3, 0.4) is 0 Å². The summed E-state index contributed by atoms with van der Waals surface area (Å²) in [6.07, 6.45) is -2.41. The van der Waals surface area contributed by atoms with E-state index in [1.54, 1.807) is 0 Å². The first-order valence-electron chi connectivity index (χ1n) is 7.71. The third kappa shape index (κ3) is 3.22. The van der Waals surface area contributed by atoms with Gasteiger partial charge in [-0.3, -0.25) is 0 Å². The van der Waals surface area contributed by atoms with E-state index in [0.29, 0.717) is 14.5 Å². The molecule has 1 aromatic heterocycles. The number of benzene rings is 2. The predicted molar refractivity (Wildman–Crippen MR) is 112 cm³/mol. The molecule has 132 valence electrons. The lowest BCUT2D eigenvalue weighted by Gasteiger charge is -2.16. The number of halogens is 2. The smallest absolute Gasteiger partial charge is 0.143 e. The lowest BCUT2D eigenvalue weighted by molar-refractivity contribution is 0.160. The fourth-order valence-corrected chi connectivity index (χ4v) is 4.15. The van der Waals surface area contributed by atoms with Crippen molar-refractivity contribution in [3.05, 3.63) is 38.0 Å². The van der Waals surface area contributed by atoms with E-state index < -0.39 is 18.0 Å². The molecule has 0 amide bonds. The van der Waals surface area contributed by atoms with Crippen molar-refractivity contribution >= 4 is 82.8 Å². The van der Waals surface area contributed by atoms with Crippen LogP contribution < -0.4 is 16.4 Å². The van der Waals surface area contributed by atoms with E-state index in [0.717, 1.165) is 0 Å². The molecule has 0 bridgehead atoms. The number of hydrogen-bond donors (Lipinski definition) is 4. The average molecular weight is 488 g/mol. The predicted octanol–water partition coefficient (Wildman–Crippen LogP) is 0.885. The summed E-state index contributed by atoms with van der Waals surface area (Å²) >= 11 is 6.42. The van der Waals surface area contributed by atoms with Crippen LogP contribution in [-0.2, 0) is 0 Å². The number of hydrogen-bond acceptors (Lipinski definition) is 5. The zero-order chi connectivity index (χ0) is 20.2. The maximum atomic E-state index is 11.0. The van der Waals surface area contributed by atoms with E-state index >= 15 is 0 Å². The van der Waals surface area contributed by atoms with E-state index in [4.69, 9.17) is 28.0 Å². The van der Waals surface area contributed by atoms with Crippen molar-refractivity contribution < 1.29 is 24.8 Å². The minimum absolute atomic E-state index is 0.0289. The minimum Gasteiger partial charge on any atom is -0.509 e. The van der Waals surface area contributed by atoms with Gasteiger partial charge in [-0.2, -0.15) is 0 Å². The molecule has 5 nitrogen and oxygen atoms in total. The van der Waals surface area contributed by atoms with Gasteiger partial charge in [0.2, 0.25) is 0 Å². The van der Waals surface area contributed by atoms with Crippen molar-refractivity contribution in [2.24, 2.45) is 0 Å². The van der Waals surface area contributed by atoms with E-state index in [2.05, 4.69) is 31.9 Å². The summed E-state index contributed by atoms with van der Waals surface area (Å²) in [4.78, 5) is 0. The summed E-state index contributed by atoms with van der Waals surface area (Å²) in [7, 11) is 17.7. The number of aliphatic hydroxyl groups excluding tert-OH is 2. The maximum absolute atomic E-state index is 11.0. The monoisotopic (exact) mass is 486 g/mol. The van der Waals surface area contributed by atoms with Crippen LogP contribution in [0.25, 0.3) is 11.0 Å². The number of rotatable bonds is 3. The van der Waals surface area contributed by atoms with E-state index in [1.165, 1.54) is 19.1 Å². The van der Waals surface area contributed by atoms with Crippen molar-refractivity contribution in [3.8, 4) is 11.5 Å². The summed E-state index contributed by atoms with van der Waals surface area (Å²) < 4.78 is 6.34. The Labute approximate surface area is 175 Å². The summed E-state index contributed by atoms with van der Waals surface area (Å²) in [6, 6.07) is 3.01. The molecule has 0 aliphatic heterocycles. The summed E-state index contributed by atoms with van der Waals surface area (Å²) in [6.45, 7) is 1.45. The van der Waals surface area contributed by atoms with Crippen LogP contribution in [0.5, 0.6) is 11.5 Å². The molecule has 2 unspecified atom stereocenters. The van der Waals surface area contributed by atoms with Crippen LogP contribution in [-0.4, -0.2) is 44.0 Å². The van der Waals surface area contributed by atoms with Crippen molar-refractivity contribution in [2.75, 3.05) is 0 Å². The summed E-state index contributed by atoms with van der Waals surface area (Å²) in [5.41, 5.74) is 0.240. The summed E-state index contributed by atoms with van der Waals surface area (Å²) in [5, 5.41) is 41.4. The molecule has 0 fully saturated rings. The highest BCUT2D eigenvalue weighted by atomic mass is 79.9. The molecule has 2 aromatic carbocycles. The van der Waals surface area contributed by atoms with Crippen LogP contribution >= 0.6 is 31.9 Å². The minimum atomic E-state index is -1.31. The van der Waals surface area contributed by atoms with Gasteiger partial charge in [-0.15, -0.1) is 0 Å². The third-order valence-corrected chi connectivity index (χ3v) is 5.51. The van der Waals surface area contributed by atoms with Gasteiger partial charge in [0.25, 0.3) is 0 Å². The van der Waals surface area contributed by atoms with Gasteiger partial charge in [-0.25, -0.2) is 0 Å². The average Bonchev–Trinajstić information content (AvgIpc) is 3.02. The Kier molecular flexibility index (Phi) is 5.47. The quantitative estimate of drug-likeness (QED) is 0.412. The molecule has 0 saturated carbocycles. The number of phenolic OH excluding ortho intramolecular Hbond substituents is 2. The van der Waals surface area contributed by atoms with Gasteiger partial charge >= 0.3 is 0 Å². The Morgan fingerprint density at radius 1 is 0.926 bits per heavy atom. The molecule has 0 spiro atoms. The Morgan fingerprint density at radius 2 is 1.48 bits per heavy atom. The highest BCUT2D eigenvalue weighted by Crippen LogP contribution is 2.40. The van der Waals surface area contributed by atoms with Crippen LogP contribution in [0.2, 0.25) is 0 Å². The van der Waals surface area contributed by atoms with Crippen molar-refractivity contribution in [3.63, 3.8) is 0 Å². The number of fused-ring (bicyclic) bond motifs is 1. The van der Waals surface area contributed by atoms with Crippen molar-refractivity contribution in [2.45, 2.75) is 19.1 Å². The van der Waals surface area contributed by atoms with Crippen molar-refractivity contribution in [1.82, 2.24) is 0 Å². The van der Waals surface area contributed by atoms with Crippen LogP contribution in [0.1, 0.15) is 36.0 Å². The third-order valence-electron chi connectivity index (χ3n) is 4.30. The van der Waals surface area contributed by atoms with Crippen molar-refractivity contribution in [1.29, 1.82) is 0 Å². The molecule has 10 heteroatoms. The second-order valence-corrected chi connectivity index (χ2v) is 7.79. The molecule has 3 aromatic rings. The molecule has 0 saturated heterocycles. The molecule has 0 aliphatic rings. The topological polar surface area (TPSA) is 94.1 Å². The van der Waals surface area contributed by atoms with Crippen LogP contribution in [0, 0.1) is 0 Å². The standard InChI is InChI=1S/C17H11B3Br2O5/c1-4(23)16-9(13(24)5-2-6(21)14(25)7(22)3-5)8-10(18)15(26)11(19)12(20)17(8)27-16/h2-4,13,23-26H,1H3. The number of phenols is 2. The fourth-order valence-electron chi connectivity index (χ4n) is 2.92. The SMILES string of the molecule is [B]c1c(O)c([B])c2c(C(O)c3cc(Br)c(O)c(Br)c3)c(C(C)O)oc2c1[B]. The lowest BCUT2D eigenvalue weighted by Crippen LogP contribution is -2.31. The number of aliphatic hydroxyl groups is 2. The molecule has 2 atom stereocenters. The second-order valence-electron chi connectivity index (χ2n) is 6.09. The largest absolute Gasteiger partial charge is 0.509 e. The molecule has 27 heavy (non-hydrogen) atoms. The number of aromatic hydroxyl groups is 2. The Bertz CT molecular complexity index is 1040. The van der Waals surface area contributed by atoms with Gasteiger partial charge < -0.3 is 24.8 Å². The van der Waals surface area contributed by atoms with Gasteiger partial charge in [0.1, 0.15) is 58.6 Å². The van der Waals surface area contributed by atoms with Gasteiger partial charge in [0.05, 0.1) is 8.95 Å². The maximum Gasteiger partial charge on any atom is 0.143 e. The van der Waals surface area contributed by atoms with E-state index in [9.17, 15) is 20.4 Å². The zero-order valence-corrected chi connectivity index (χ0v) is 17.2. The molecule has 3 rings (SSSR count). The van der Waals surface area contributed by atoms with E-state index in [-0.39, 0.29) is 44.4 Å². The Hall–Kier alpha value is -1.35. The fraction of sp³-hybridized carbons (Fsp3) is 0.176. The first kappa shape index (κ1) is 20.4. The Balaban J connectivity index is 2.38. The molecule has 1 heterocycles. The Morgan fingerprint density at radius 3 is 2.00 bits per heavy atom. The van der Waals surface area contributed by atoms with Gasteiger partial charge in [-0.1, -0.05) is 10.9 Å². The molecule has 4 N–H and O–H groups in total. The highest BCUT2D eigenvalue weighted by molar-refractivity contribution is 9.11. The first-order chi connectivity index (χ1) is 12.6. The highest BCUT2D eigenvalue weighted by Gasteiger charge is 2.29. The van der Waals surface area contributed by atoms with Gasteiger partial charge in [0.15, 0.2) is 0 Å².